The van der Waals surface area contributed by atoms with E-state index in [9.17, 15) is 9.59 Å². The fourth-order valence-electron chi connectivity index (χ4n) is 2.78. The lowest BCUT2D eigenvalue weighted by Crippen LogP contribution is -2.28. The third kappa shape index (κ3) is 3.31. The first kappa shape index (κ1) is 16.9. The van der Waals surface area contributed by atoms with Gasteiger partial charge in [0.2, 0.25) is 0 Å². The summed E-state index contributed by atoms with van der Waals surface area (Å²) in [5.74, 6) is -0.321. The van der Waals surface area contributed by atoms with E-state index < -0.39 is 0 Å². The molecule has 0 spiro atoms. The molecule has 1 amide bonds. The van der Waals surface area contributed by atoms with Crippen LogP contribution in [0.3, 0.4) is 0 Å². The van der Waals surface area contributed by atoms with Gasteiger partial charge in [-0.05, 0) is 44.0 Å². The zero-order valence-corrected chi connectivity index (χ0v) is 14.6. The van der Waals surface area contributed by atoms with Crippen molar-refractivity contribution in [2.24, 2.45) is 0 Å². The van der Waals surface area contributed by atoms with E-state index in [1.54, 1.807) is 24.3 Å². The van der Waals surface area contributed by atoms with Crippen LogP contribution in [0, 0.1) is 0 Å². The van der Waals surface area contributed by atoms with Crippen molar-refractivity contribution >= 4 is 22.4 Å². The number of benzene rings is 2. The summed E-state index contributed by atoms with van der Waals surface area (Å²) >= 11 is 0. The molecule has 3 aromatic rings. The summed E-state index contributed by atoms with van der Waals surface area (Å²) in [5.41, 5.74) is 1.93. The summed E-state index contributed by atoms with van der Waals surface area (Å²) in [6.07, 6.45) is 0.892. The van der Waals surface area contributed by atoms with Crippen molar-refractivity contribution < 1.29 is 4.79 Å². The minimum Gasteiger partial charge on any atom is -0.321 e. The summed E-state index contributed by atoms with van der Waals surface area (Å²) in [5, 5.41) is 8.29. The second-order valence-corrected chi connectivity index (χ2v) is 6.25. The number of nitrogens with one attached hydrogen (secondary N) is 1. The zero-order chi connectivity index (χ0) is 18.0. The Bertz CT molecular complexity index is 990. The summed E-state index contributed by atoms with van der Waals surface area (Å²) in [4.78, 5) is 25.4. The molecule has 0 saturated carbocycles. The molecule has 0 bridgehead atoms. The second kappa shape index (κ2) is 6.89. The third-order valence-corrected chi connectivity index (χ3v) is 4.13. The second-order valence-electron chi connectivity index (χ2n) is 6.25. The molecule has 5 nitrogen and oxygen atoms in total. The molecule has 0 atom stereocenters. The van der Waals surface area contributed by atoms with E-state index in [4.69, 9.17) is 0 Å². The molecule has 0 saturated heterocycles. The summed E-state index contributed by atoms with van der Waals surface area (Å²) in [7, 11) is 0. The Morgan fingerprint density at radius 3 is 2.52 bits per heavy atom. The molecule has 128 valence electrons. The van der Waals surface area contributed by atoms with Crippen molar-refractivity contribution in [3.05, 3.63) is 70.1 Å². The standard InChI is InChI=1S/C20H21N3O2/c1-4-14-8-7-9-15(12-14)21-19(24)18-16-10-5-6-11-17(16)20(25)23(22-18)13(2)3/h5-13H,4H2,1-3H3,(H,21,24). The van der Waals surface area contributed by atoms with E-state index in [1.807, 2.05) is 38.1 Å². The SMILES string of the molecule is CCc1cccc(NC(=O)c2nn(C(C)C)c(=O)c3ccccc23)c1. The number of carbonyl (C=O) groups excluding carboxylic acids is 1. The minimum absolute atomic E-state index is 0.132. The fourth-order valence-corrected chi connectivity index (χ4v) is 2.78. The Hall–Kier alpha value is -2.95. The highest BCUT2D eigenvalue weighted by Gasteiger charge is 2.18. The number of hydrogen-bond acceptors (Lipinski definition) is 3. The van der Waals surface area contributed by atoms with Crippen LogP contribution in [-0.2, 0) is 6.42 Å². The molecule has 25 heavy (non-hydrogen) atoms. The van der Waals surface area contributed by atoms with Crippen LogP contribution in [0.4, 0.5) is 5.69 Å². The molecule has 0 aliphatic rings. The van der Waals surface area contributed by atoms with Crippen LogP contribution in [0.15, 0.2) is 53.3 Å². The van der Waals surface area contributed by atoms with Crippen molar-refractivity contribution in [1.82, 2.24) is 9.78 Å². The highest BCUT2D eigenvalue weighted by atomic mass is 16.2. The van der Waals surface area contributed by atoms with Crippen LogP contribution in [0.25, 0.3) is 10.8 Å². The first-order valence-corrected chi connectivity index (χ1v) is 8.43. The smallest absolute Gasteiger partial charge is 0.276 e. The Balaban J connectivity index is 2.09. The Labute approximate surface area is 146 Å². The average Bonchev–Trinajstić information content (AvgIpc) is 2.62. The van der Waals surface area contributed by atoms with E-state index >= 15 is 0 Å². The topological polar surface area (TPSA) is 64.0 Å². The van der Waals surface area contributed by atoms with E-state index in [-0.39, 0.29) is 23.2 Å². The number of carbonyl (C=O) groups is 1. The number of amides is 1. The Morgan fingerprint density at radius 1 is 1.12 bits per heavy atom. The lowest BCUT2D eigenvalue weighted by atomic mass is 10.1. The van der Waals surface area contributed by atoms with Gasteiger partial charge in [0.1, 0.15) is 0 Å². The summed E-state index contributed by atoms with van der Waals surface area (Å²) in [6.45, 7) is 5.81. The largest absolute Gasteiger partial charge is 0.321 e. The van der Waals surface area contributed by atoms with Gasteiger partial charge < -0.3 is 5.32 Å². The number of aryl methyl sites for hydroxylation is 1. The van der Waals surface area contributed by atoms with Crippen LogP contribution in [-0.4, -0.2) is 15.7 Å². The van der Waals surface area contributed by atoms with Crippen LogP contribution in [0.2, 0.25) is 0 Å². The molecule has 0 radical (unpaired) electrons. The molecule has 0 fully saturated rings. The van der Waals surface area contributed by atoms with Crippen molar-refractivity contribution in [2.45, 2.75) is 33.2 Å². The first-order valence-electron chi connectivity index (χ1n) is 8.43. The number of anilines is 1. The fraction of sp³-hybridized carbons (Fsp3) is 0.250. The van der Waals surface area contributed by atoms with E-state index in [2.05, 4.69) is 17.3 Å². The molecule has 2 aromatic carbocycles. The van der Waals surface area contributed by atoms with Gasteiger partial charge >= 0.3 is 0 Å². The monoisotopic (exact) mass is 335 g/mol. The minimum atomic E-state index is -0.321. The highest BCUT2D eigenvalue weighted by Crippen LogP contribution is 2.17. The molecular formula is C20H21N3O2. The van der Waals surface area contributed by atoms with Crippen LogP contribution < -0.4 is 10.9 Å². The van der Waals surface area contributed by atoms with Crippen molar-refractivity contribution in [1.29, 1.82) is 0 Å². The van der Waals surface area contributed by atoms with Crippen LogP contribution in [0.1, 0.15) is 42.9 Å². The van der Waals surface area contributed by atoms with Crippen molar-refractivity contribution in [3.8, 4) is 0 Å². The predicted octanol–water partition coefficient (Wildman–Crippen LogP) is 3.79. The normalized spacial score (nSPS) is 11.0. The maximum absolute atomic E-state index is 12.8. The Kier molecular flexibility index (Phi) is 4.65. The van der Waals surface area contributed by atoms with Gasteiger partial charge in [-0.2, -0.15) is 5.10 Å². The van der Waals surface area contributed by atoms with E-state index in [1.165, 1.54) is 4.68 Å². The number of rotatable bonds is 4. The number of aromatic nitrogens is 2. The molecular weight excluding hydrogens is 314 g/mol. The maximum atomic E-state index is 12.8. The molecule has 1 heterocycles. The highest BCUT2D eigenvalue weighted by molar-refractivity contribution is 6.11. The van der Waals surface area contributed by atoms with Gasteiger partial charge in [0.05, 0.1) is 11.4 Å². The molecule has 0 aliphatic heterocycles. The summed E-state index contributed by atoms with van der Waals surface area (Å²) < 4.78 is 1.36. The summed E-state index contributed by atoms with van der Waals surface area (Å²) in [6, 6.07) is 14.7. The van der Waals surface area contributed by atoms with Crippen molar-refractivity contribution in [3.63, 3.8) is 0 Å². The van der Waals surface area contributed by atoms with Gasteiger partial charge in [0.25, 0.3) is 11.5 Å². The zero-order valence-electron chi connectivity index (χ0n) is 14.6. The van der Waals surface area contributed by atoms with Gasteiger partial charge in [0.15, 0.2) is 5.69 Å². The van der Waals surface area contributed by atoms with Crippen LogP contribution in [0.5, 0.6) is 0 Å². The van der Waals surface area contributed by atoms with Gasteiger partial charge in [-0.3, -0.25) is 9.59 Å². The third-order valence-electron chi connectivity index (χ3n) is 4.13. The quantitative estimate of drug-likeness (QED) is 0.789. The molecule has 0 aliphatic carbocycles. The van der Waals surface area contributed by atoms with Gasteiger partial charge in [-0.1, -0.05) is 37.3 Å². The maximum Gasteiger partial charge on any atom is 0.276 e. The van der Waals surface area contributed by atoms with E-state index in [0.29, 0.717) is 10.8 Å². The molecule has 5 heteroatoms. The van der Waals surface area contributed by atoms with Crippen molar-refractivity contribution in [2.75, 3.05) is 5.32 Å². The van der Waals surface area contributed by atoms with Gasteiger partial charge in [-0.15, -0.1) is 0 Å². The lowest BCUT2D eigenvalue weighted by Gasteiger charge is -2.13. The number of fused-ring (bicyclic) bond motifs is 1. The molecule has 1 aromatic heterocycles. The predicted molar refractivity (Wildman–Crippen MR) is 100 cm³/mol. The molecule has 1 N–H and O–H groups in total. The van der Waals surface area contributed by atoms with Gasteiger partial charge in [0, 0.05) is 11.1 Å². The van der Waals surface area contributed by atoms with Gasteiger partial charge in [-0.25, -0.2) is 4.68 Å². The van der Waals surface area contributed by atoms with E-state index in [0.717, 1.165) is 17.7 Å². The molecule has 3 rings (SSSR count). The lowest BCUT2D eigenvalue weighted by molar-refractivity contribution is 0.102. The number of nitrogens with zero attached hydrogens (tertiary/aromatic N) is 2. The Morgan fingerprint density at radius 2 is 1.84 bits per heavy atom. The first-order chi connectivity index (χ1) is 12.0. The van der Waals surface area contributed by atoms with Crippen LogP contribution >= 0.6 is 0 Å². The molecule has 0 unspecified atom stereocenters. The number of hydrogen-bond donors (Lipinski definition) is 1. The average molecular weight is 335 g/mol.